The minimum absolute atomic E-state index is 0.284. The largest absolute Gasteiger partial charge is 0.481 e. The Balaban J connectivity index is 2.72. The van der Waals surface area contributed by atoms with E-state index in [1.54, 1.807) is 32.7 Å². The number of hydrogen-bond acceptors (Lipinski definition) is 3. The quantitative estimate of drug-likeness (QED) is 0.780. The number of likely N-dealkylation sites (tertiary alicyclic amines) is 1. The summed E-state index contributed by atoms with van der Waals surface area (Å²) < 4.78 is 0. The molecular formula is C15H28N2O3. The van der Waals surface area contributed by atoms with Crippen molar-refractivity contribution in [2.24, 2.45) is 11.3 Å². The number of aliphatic carboxylic acids is 1. The molecule has 0 bridgehead atoms. The van der Waals surface area contributed by atoms with Gasteiger partial charge in [0.05, 0.1) is 0 Å². The molecule has 20 heavy (non-hydrogen) atoms. The number of amides is 1. The predicted molar refractivity (Wildman–Crippen MR) is 78.5 cm³/mol. The van der Waals surface area contributed by atoms with Crippen molar-refractivity contribution >= 4 is 11.9 Å². The lowest BCUT2D eigenvalue weighted by atomic mass is 9.80. The van der Waals surface area contributed by atoms with Crippen LogP contribution >= 0.6 is 0 Å². The highest BCUT2D eigenvalue weighted by Gasteiger charge is 2.40. The summed E-state index contributed by atoms with van der Waals surface area (Å²) in [5.74, 6) is -2.30. The summed E-state index contributed by atoms with van der Waals surface area (Å²) in [4.78, 5) is 27.8. The van der Waals surface area contributed by atoms with Gasteiger partial charge in [0.2, 0.25) is 5.91 Å². The van der Waals surface area contributed by atoms with E-state index in [2.05, 4.69) is 11.8 Å². The molecule has 0 spiro atoms. The smallest absolute Gasteiger partial charge is 0.316 e. The molecule has 2 unspecified atom stereocenters. The third-order valence-electron chi connectivity index (χ3n) is 4.13. The molecule has 5 nitrogen and oxygen atoms in total. The van der Waals surface area contributed by atoms with Gasteiger partial charge < -0.3 is 10.0 Å². The second kappa shape index (κ2) is 6.57. The molecule has 0 aliphatic carbocycles. The van der Waals surface area contributed by atoms with E-state index in [1.807, 2.05) is 0 Å². The van der Waals surface area contributed by atoms with E-state index in [4.69, 9.17) is 0 Å². The number of carbonyl (C=O) groups excluding carboxylic acids is 1. The van der Waals surface area contributed by atoms with Gasteiger partial charge in [-0.05, 0) is 31.3 Å². The first-order chi connectivity index (χ1) is 9.18. The maximum Gasteiger partial charge on any atom is 0.316 e. The van der Waals surface area contributed by atoms with Gasteiger partial charge in [-0.1, -0.05) is 27.7 Å². The molecule has 0 radical (unpaired) electrons. The highest BCUT2D eigenvalue weighted by molar-refractivity contribution is 5.97. The Bertz CT molecular complexity index is 363. The summed E-state index contributed by atoms with van der Waals surface area (Å²) in [6, 6.07) is 0.364. The summed E-state index contributed by atoms with van der Waals surface area (Å²) in [6.45, 7) is 10.2. The number of likely N-dealkylation sites (N-methyl/N-ethyl adjacent to an activating group) is 2. The van der Waals surface area contributed by atoms with E-state index in [1.165, 1.54) is 0 Å². The van der Waals surface area contributed by atoms with Gasteiger partial charge in [-0.2, -0.15) is 0 Å². The Morgan fingerprint density at radius 1 is 1.40 bits per heavy atom. The van der Waals surface area contributed by atoms with Crippen molar-refractivity contribution in [2.75, 3.05) is 26.7 Å². The van der Waals surface area contributed by atoms with Crippen LogP contribution in [-0.2, 0) is 9.59 Å². The number of hydrogen-bond donors (Lipinski definition) is 1. The van der Waals surface area contributed by atoms with Crippen molar-refractivity contribution in [3.63, 3.8) is 0 Å². The first kappa shape index (κ1) is 17.0. The third-order valence-corrected chi connectivity index (χ3v) is 4.13. The maximum atomic E-state index is 12.4. The van der Waals surface area contributed by atoms with Gasteiger partial charge in [0, 0.05) is 19.6 Å². The lowest BCUT2D eigenvalue weighted by Gasteiger charge is -2.33. The van der Waals surface area contributed by atoms with Crippen LogP contribution < -0.4 is 0 Å². The van der Waals surface area contributed by atoms with Gasteiger partial charge in [-0.15, -0.1) is 0 Å². The number of carboxylic acid groups (broad SMARTS) is 1. The average Bonchev–Trinajstić information content (AvgIpc) is 2.73. The van der Waals surface area contributed by atoms with Crippen LogP contribution in [0.15, 0.2) is 0 Å². The lowest BCUT2D eigenvalue weighted by molar-refractivity contribution is -0.155. The second-order valence-electron chi connectivity index (χ2n) is 6.78. The topological polar surface area (TPSA) is 60.9 Å². The maximum absolute atomic E-state index is 12.4. The zero-order valence-corrected chi connectivity index (χ0v) is 13.3. The van der Waals surface area contributed by atoms with Crippen LogP contribution in [0.3, 0.4) is 0 Å². The molecule has 0 aromatic heterocycles. The Kier molecular flexibility index (Phi) is 5.57. The van der Waals surface area contributed by atoms with E-state index in [-0.39, 0.29) is 5.91 Å². The first-order valence-electron chi connectivity index (χ1n) is 7.40. The van der Waals surface area contributed by atoms with Gasteiger partial charge in [0.1, 0.15) is 5.92 Å². The SMILES string of the molecule is CCN1CCCC1CN(C)C(=O)C(C(=O)O)C(C)(C)C. The highest BCUT2D eigenvalue weighted by Crippen LogP contribution is 2.28. The van der Waals surface area contributed by atoms with E-state index in [0.29, 0.717) is 12.6 Å². The summed E-state index contributed by atoms with van der Waals surface area (Å²) in [6.07, 6.45) is 2.24. The van der Waals surface area contributed by atoms with Gasteiger partial charge >= 0.3 is 5.97 Å². The standard InChI is InChI=1S/C15H28N2O3/c1-6-17-9-7-8-11(17)10-16(5)13(18)12(14(19)20)15(2,3)4/h11-12H,6-10H2,1-5H3,(H,19,20). The molecule has 1 heterocycles. The van der Waals surface area contributed by atoms with Crippen molar-refractivity contribution < 1.29 is 14.7 Å². The predicted octanol–water partition coefficient (Wildman–Crippen LogP) is 1.68. The van der Waals surface area contributed by atoms with Crippen molar-refractivity contribution in [1.82, 2.24) is 9.80 Å². The van der Waals surface area contributed by atoms with Crippen molar-refractivity contribution in [3.8, 4) is 0 Å². The summed E-state index contributed by atoms with van der Waals surface area (Å²) in [7, 11) is 1.72. The molecule has 1 aliphatic heterocycles. The van der Waals surface area contributed by atoms with Crippen LogP contribution in [0.25, 0.3) is 0 Å². The number of rotatable bonds is 5. The Morgan fingerprint density at radius 2 is 2.00 bits per heavy atom. The van der Waals surface area contributed by atoms with E-state index < -0.39 is 17.3 Å². The van der Waals surface area contributed by atoms with Crippen molar-refractivity contribution in [1.29, 1.82) is 0 Å². The third kappa shape index (κ3) is 3.95. The molecule has 0 aromatic carbocycles. The van der Waals surface area contributed by atoms with Crippen LogP contribution in [0, 0.1) is 11.3 Å². The number of carboxylic acids is 1. The van der Waals surface area contributed by atoms with Crippen LogP contribution in [0.5, 0.6) is 0 Å². The van der Waals surface area contributed by atoms with Crippen LogP contribution in [-0.4, -0.2) is 59.5 Å². The molecule has 1 saturated heterocycles. The fraction of sp³-hybridized carbons (Fsp3) is 0.867. The highest BCUT2D eigenvalue weighted by atomic mass is 16.4. The molecule has 0 saturated carbocycles. The summed E-state index contributed by atoms with van der Waals surface area (Å²) in [5, 5.41) is 9.33. The molecule has 2 atom stereocenters. The number of carbonyl (C=O) groups is 2. The van der Waals surface area contributed by atoms with Gasteiger partial charge in [-0.3, -0.25) is 14.5 Å². The Morgan fingerprint density at radius 3 is 2.45 bits per heavy atom. The molecule has 5 heteroatoms. The Labute approximate surface area is 121 Å². The summed E-state index contributed by atoms with van der Waals surface area (Å²) in [5.41, 5.74) is -0.572. The van der Waals surface area contributed by atoms with Crippen LogP contribution in [0.2, 0.25) is 0 Å². The average molecular weight is 284 g/mol. The fourth-order valence-corrected chi connectivity index (χ4v) is 2.99. The minimum Gasteiger partial charge on any atom is -0.481 e. The van der Waals surface area contributed by atoms with Gasteiger partial charge in [0.15, 0.2) is 0 Å². The minimum atomic E-state index is -1.03. The number of nitrogens with zero attached hydrogens (tertiary/aromatic N) is 2. The molecule has 116 valence electrons. The Hall–Kier alpha value is -1.10. The van der Waals surface area contributed by atoms with E-state index >= 15 is 0 Å². The van der Waals surface area contributed by atoms with Gasteiger partial charge in [0.25, 0.3) is 0 Å². The fourth-order valence-electron chi connectivity index (χ4n) is 2.99. The molecule has 1 amide bonds. The molecule has 1 rings (SSSR count). The second-order valence-corrected chi connectivity index (χ2v) is 6.78. The molecular weight excluding hydrogens is 256 g/mol. The van der Waals surface area contributed by atoms with Crippen LogP contribution in [0.1, 0.15) is 40.5 Å². The monoisotopic (exact) mass is 284 g/mol. The zero-order valence-electron chi connectivity index (χ0n) is 13.3. The molecule has 0 aromatic rings. The van der Waals surface area contributed by atoms with Crippen molar-refractivity contribution in [2.45, 2.75) is 46.6 Å². The molecule has 1 N–H and O–H groups in total. The van der Waals surface area contributed by atoms with Gasteiger partial charge in [-0.25, -0.2) is 0 Å². The normalized spacial score (nSPS) is 21.8. The van der Waals surface area contributed by atoms with E-state index in [0.717, 1.165) is 25.9 Å². The molecule has 1 fully saturated rings. The van der Waals surface area contributed by atoms with E-state index in [9.17, 15) is 14.7 Å². The lowest BCUT2D eigenvalue weighted by Crippen LogP contribution is -2.47. The van der Waals surface area contributed by atoms with Crippen molar-refractivity contribution in [3.05, 3.63) is 0 Å². The molecule has 1 aliphatic rings. The summed E-state index contributed by atoms with van der Waals surface area (Å²) >= 11 is 0. The zero-order chi connectivity index (χ0) is 15.5. The first-order valence-corrected chi connectivity index (χ1v) is 7.40. The van der Waals surface area contributed by atoms with Crippen LogP contribution in [0.4, 0.5) is 0 Å².